The molecule has 4 aliphatic rings. The number of amides is 1. The highest BCUT2D eigenvalue weighted by atomic mass is 19.4. The molecular formula is C28H29F3N2O5. The number of hydrogen-bond acceptors (Lipinski definition) is 6. The number of hydrogen-bond donors (Lipinski definition) is 2. The monoisotopic (exact) mass is 530 g/mol. The van der Waals surface area contributed by atoms with Gasteiger partial charge in [0.2, 0.25) is 5.91 Å². The first kappa shape index (κ1) is 25.1. The Morgan fingerprint density at radius 2 is 2.08 bits per heavy atom. The Kier molecular flexibility index (Phi) is 5.53. The van der Waals surface area contributed by atoms with Gasteiger partial charge in [0.05, 0.1) is 11.0 Å². The van der Waals surface area contributed by atoms with Crippen LogP contribution >= 0.6 is 0 Å². The molecule has 2 N–H and O–H groups in total. The lowest BCUT2D eigenvalue weighted by atomic mass is 9.48. The lowest BCUT2D eigenvalue weighted by Gasteiger charge is -2.64. The van der Waals surface area contributed by atoms with Gasteiger partial charge < -0.3 is 29.5 Å². The molecule has 202 valence electrons. The number of likely N-dealkylation sites (N-methyl/N-ethyl adjacent to an activating group) is 2. The zero-order chi connectivity index (χ0) is 27.0. The van der Waals surface area contributed by atoms with Crippen LogP contribution in [0.1, 0.15) is 36.0 Å². The van der Waals surface area contributed by atoms with Crippen molar-refractivity contribution in [2.45, 2.75) is 61.2 Å². The minimum absolute atomic E-state index is 0.0629. The fraction of sp³-hybridized carbons (Fsp3) is 0.464. The Balaban J connectivity index is 1.27. The molecule has 1 saturated heterocycles. The topological polar surface area (TPSA) is 82.5 Å². The number of phenols is 1. The standard InChI is InChI=1S/C28H29F3N2O5/c1-32-11-10-26-22-14-18(15-27(26,36)21(32)13-17-7-8-20(34)25(37-22)24(17)26)33(2)23(35)9-6-16-4-3-5-19(12-16)38-28(29,30)31/h3-9,12,18,21-22,34,36H,10-11,13-15H2,1-2H3/b9-6+/t18?,21-,22?,26-,27-/m1/s1. The Labute approximate surface area is 218 Å². The molecular weight excluding hydrogens is 501 g/mol. The second-order valence-electron chi connectivity index (χ2n) is 10.9. The molecule has 1 spiro atoms. The van der Waals surface area contributed by atoms with Crippen LogP contribution in [0.15, 0.2) is 42.5 Å². The van der Waals surface area contributed by atoms with Crippen molar-refractivity contribution in [3.63, 3.8) is 0 Å². The maximum absolute atomic E-state index is 13.2. The van der Waals surface area contributed by atoms with E-state index in [9.17, 15) is 28.2 Å². The van der Waals surface area contributed by atoms with Crippen LogP contribution in [0.2, 0.25) is 0 Å². The summed E-state index contributed by atoms with van der Waals surface area (Å²) in [6, 6.07) is 8.46. The van der Waals surface area contributed by atoms with E-state index < -0.39 is 23.5 Å². The molecule has 1 saturated carbocycles. The normalized spacial score (nSPS) is 31.6. The van der Waals surface area contributed by atoms with Crippen molar-refractivity contribution >= 4 is 12.0 Å². The molecule has 6 rings (SSSR count). The molecule has 2 aliphatic heterocycles. The number of halogens is 3. The molecule has 7 nitrogen and oxygen atoms in total. The first-order chi connectivity index (χ1) is 17.9. The molecule has 10 heteroatoms. The molecule has 5 atom stereocenters. The van der Waals surface area contributed by atoms with Crippen LogP contribution in [0.4, 0.5) is 13.2 Å². The predicted molar refractivity (Wildman–Crippen MR) is 132 cm³/mol. The zero-order valence-corrected chi connectivity index (χ0v) is 21.0. The number of alkyl halides is 3. The number of carbonyl (C=O) groups is 1. The van der Waals surface area contributed by atoms with Crippen molar-refractivity contribution in [1.29, 1.82) is 0 Å². The van der Waals surface area contributed by atoms with E-state index in [0.29, 0.717) is 37.0 Å². The molecule has 2 bridgehead atoms. The Morgan fingerprint density at radius 3 is 2.84 bits per heavy atom. The third-order valence-corrected chi connectivity index (χ3v) is 9.05. The molecule has 0 aromatic heterocycles. The molecule has 1 amide bonds. The number of aliphatic hydroxyl groups is 1. The number of nitrogens with zero attached hydrogens (tertiary/aromatic N) is 2. The molecule has 2 aromatic rings. The predicted octanol–water partition coefficient (Wildman–Crippen LogP) is 3.62. The highest BCUT2D eigenvalue weighted by Gasteiger charge is 2.72. The maximum Gasteiger partial charge on any atom is 0.573 e. The first-order valence-corrected chi connectivity index (χ1v) is 12.7. The van der Waals surface area contributed by atoms with Gasteiger partial charge in [-0.15, -0.1) is 13.2 Å². The van der Waals surface area contributed by atoms with E-state index in [1.807, 2.05) is 13.1 Å². The van der Waals surface area contributed by atoms with Crippen LogP contribution in [0, 0.1) is 0 Å². The number of carbonyl (C=O) groups excluding carboxylic acids is 1. The van der Waals surface area contributed by atoms with Crippen LogP contribution in [0.3, 0.4) is 0 Å². The van der Waals surface area contributed by atoms with E-state index in [4.69, 9.17) is 4.74 Å². The number of phenolic OH excluding ortho intramolecular Hbond substituents is 1. The maximum atomic E-state index is 13.2. The summed E-state index contributed by atoms with van der Waals surface area (Å²) in [5.41, 5.74) is 0.574. The lowest BCUT2D eigenvalue weighted by molar-refractivity contribution is -0.274. The quantitative estimate of drug-likeness (QED) is 0.588. The second kappa shape index (κ2) is 8.38. The third kappa shape index (κ3) is 3.60. The van der Waals surface area contributed by atoms with Crippen molar-refractivity contribution in [1.82, 2.24) is 9.80 Å². The van der Waals surface area contributed by atoms with E-state index in [0.717, 1.165) is 17.7 Å². The van der Waals surface area contributed by atoms with Gasteiger partial charge in [-0.2, -0.15) is 0 Å². The summed E-state index contributed by atoms with van der Waals surface area (Å²) >= 11 is 0. The average Bonchev–Trinajstić information content (AvgIpc) is 3.19. The summed E-state index contributed by atoms with van der Waals surface area (Å²) in [5.74, 6) is -0.198. The zero-order valence-electron chi connectivity index (χ0n) is 21.0. The molecule has 2 unspecified atom stereocenters. The average molecular weight is 531 g/mol. The van der Waals surface area contributed by atoms with Gasteiger partial charge in [0, 0.05) is 37.2 Å². The third-order valence-electron chi connectivity index (χ3n) is 9.05. The van der Waals surface area contributed by atoms with E-state index in [1.54, 1.807) is 24.1 Å². The summed E-state index contributed by atoms with van der Waals surface area (Å²) in [5, 5.41) is 23.0. The minimum Gasteiger partial charge on any atom is -0.504 e. The van der Waals surface area contributed by atoms with Gasteiger partial charge in [0.1, 0.15) is 11.9 Å². The van der Waals surface area contributed by atoms with Crippen molar-refractivity contribution in [3.8, 4) is 17.2 Å². The number of likely N-dealkylation sites (tertiary alicyclic amines) is 1. The van der Waals surface area contributed by atoms with Crippen LogP contribution < -0.4 is 9.47 Å². The number of rotatable bonds is 4. The van der Waals surface area contributed by atoms with E-state index >= 15 is 0 Å². The second-order valence-corrected chi connectivity index (χ2v) is 10.9. The highest BCUT2D eigenvalue weighted by Crippen LogP contribution is 2.65. The minimum atomic E-state index is -4.80. The van der Waals surface area contributed by atoms with Crippen molar-refractivity contribution in [3.05, 3.63) is 59.2 Å². The van der Waals surface area contributed by atoms with E-state index in [-0.39, 0.29) is 29.5 Å². The summed E-state index contributed by atoms with van der Waals surface area (Å²) < 4.78 is 48.0. The summed E-state index contributed by atoms with van der Waals surface area (Å²) in [6.45, 7) is 0.792. The SMILES string of the molecule is CN(C(=O)/C=C/c1cccc(OC(F)(F)F)c1)C1CC2Oc3c(O)ccc4c3[C@@]23CCN(C)[C@H](C4)[C@]3(O)C1. The van der Waals surface area contributed by atoms with Crippen molar-refractivity contribution in [2.24, 2.45) is 0 Å². The van der Waals surface area contributed by atoms with E-state index in [2.05, 4.69) is 9.64 Å². The number of aromatic hydroxyl groups is 1. The fourth-order valence-corrected chi connectivity index (χ4v) is 7.33. The van der Waals surface area contributed by atoms with Crippen molar-refractivity contribution < 1.29 is 37.7 Å². The summed E-state index contributed by atoms with van der Waals surface area (Å²) in [6.07, 6.45) is -0.320. The van der Waals surface area contributed by atoms with Gasteiger partial charge in [-0.05, 0) is 68.3 Å². The Morgan fingerprint density at radius 1 is 1.29 bits per heavy atom. The van der Waals surface area contributed by atoms with Gasteiger partial charge in [-0.1, -0.05) is 18.2 Å². The first-order valence-electron chi connectivity index (χ1n) is 12.7. The number of piperidine rings is 1. The van der Waals surface area contributed by atoms with Crippen LogP contribution in [-0.4, -0.2) is 76.7 Å². The van der Waals surface area contributed by atoms with Crippen LogP contribution in [-0.2, 0) is 16.6 Å². The van der Waals surface area contributed by atoms with Crippen LogP contribution in [0.25, 0.3) is 6.08 Å². The highest BCUT2D eigenvalue weighted by molar-refractivity contribution is 5.92. The van der Waals surface area contributed by atoms with Gasteiger partial charge in [-0.3, -0.25) is 4.79 Å². The Bertz CT molecular complexity index is 1330. The summed E-state index contributed by atoms with van der Waals surface area (Å²) in [7, 11) is 3.67. The fourth-order valence-electron chi connectivity index (χ4n) is 7.33. The molecule has 2 heterocycles. The van der Waals surface area contributed by atoms with Gasteiger partial charge in [0.25, 0.3) is 0 Å². The Hall–Kier alpha value is -3.24. The van der Waals surface area contributed by atoms with Crippen molar-refractivity contribution in [2.75, 3.05) is 20.6 Å². The largest absolute Gasteiger partial charge is 0.573 e. The lowest BCUT2D eigenvalue weighted by Crippen LogP contribution is -2.77. The molecule has 2 fully saturated rings. The molecule has 38 heavy (non-hydrogen) atoms. The molecule has 2 aromatic carbocycles. The number of ether oxygens (including phenoxy) is 2. The van der Waals surface area contributed by atoms with E-state index in [1.165, 1.54) is 30.4 Å². The van der Waals surface area contributed by atoms with Gasteiger partial charge >= 0.3 is 6.36 Å². The smallest absolute Gasteiger partial charge is 0.504 e. The number of benzene rings is 2. The molecule has 0 radical (unpaired) electrons. The summed E-state index contributed by atoms with van der Waals surface area (Å²) in [4.78, 5) is 16.9. The van der Waals surface area contributed by atoms with Crippen LogP contribution in [0.5, 0.6) is 17.2 Å². The molecule has 2 aliphatic carbocycles. The van der Waals surface area contributed by atoms with Gasteiger partial charge in [0.15, 0.2) is 11.5 Å². The van der Waals surface area contributed by atoms with Gasteiger partial charge in [-0.25, -0.2) is 0 Å².